The highest BCUT2D eigenvalue weighted by atomic mass is 32.2. The van der Waals surface area contributed by atoms with Gasteiger partial charge in [0.2, 0.25) is 0 Å². The van der Waals surface area contributed by atoms with Gasteiger partial charge in [0.25, 0.3) is 0 Å². The lowest BCUT2D eigenvalue weighted by atomic mass is 10.1. The van der Waals surface area contributed by atoms with Gasteiger partial charge in [0.05, 0.1) is 12.5 Å². The monoisotopic (exact) mass is 358 g/mol. The molecule has 0 aliphatic heterocycles. The summed E-state index contributed by atoms with van der Waals surface area (Å²) in [5, 5.41) is 10.00. The average molecular weight is 359 g/mol. The summed E-state index contributed by atoms with van der Waals surface area (Å²) < 4.78 is 5.15. The molecular formula is C19H34O4S. The molecule has 1 N–H and O–H groups in total. The van der Waals surface area contributed by atoms with Crippen molar-refractivity contribution in [2.24, 2.45) is 0 Å². The largest absolute Gasteiger partial charge is 0.460 e. The molecule has 4 nitrogen and oxygen atoms in total. The molecule has 0 aromatic heterocycles. The van der Waals surface area contributed by atoms with Crippen molar-refractivity contribution < 1.29 is 19.4 Å². The van der Waals surface area contributed by atoms with E-state index in [1.165, 1.54) is 31.0 Å². The number of allylic oxidation sites excluding steroid dienone is 1. The smallest absolute Gasteiger partial charge is 0.309 e. The molecule has 0 amide bonds. The van der Waals surface area contributed by atoms with Crippen LogP contribution in [0, 0.1) is 0 Å². The van der Waals surface area contributed by atoms with E-state index in [4.69, 9.17) is 4.74 Å². The van der Waals surface area contributed by atoms with Crippen LogP contribution in [0.1, 0.15) is 79.1 Å². The molecule has 0 rings (SSSR count). The first-order valence-corrected chi connectivity index (χ1v) is 9.95. The van der Waals surface area contributed by atoms with Crippen molar-refractivity contribution in [3.63, 3.8) is 0 Å². The number of hydrogen-bond acceptors (Lipinski definition) is 5. The van der Waals surface area contributed by atoms with E-state index in [0.717, 1.165) is 12.8 Å². The molecule has 0 spiro atoms. The van der Waals surface area contributed by atoms with Gasteiger partial charge in [-0.15, -0.1) is 0 Å². The molecule has 0 saturated carbocycles. The van der Waals surface area contributed by atoms with Crippen LogP contribution in [0.2, 0.25) is 0 Å². The Bertz CT molecular complexity index is 385. The standard InChI is InChI=1S/C19H34O4S/c1-5-6-7-8-9-13-18(22)24-14-11-10-12-16(20)15-17(21)23-19(2,3)4/h10,12,16,20H,5-9,11,13-15H2,1-4H3/b12-10+/t16-/m1/s1. The Morgan fingerprint density at radius 1 is 1.17 bits per heavy atom. The summed E-state index contributed by atoms with van der Waals surface area (Å²) in [5.41, 5.74) is -0.534. The van der Waals surface area contributed by atoms with Crippen molar-refractivity contribution >= 4 is 22.8 Å². The van der Waals surface area contributed by atoms with Gasteiger partial charge in [-0.05, 0) is 33.6 Å². The second-order valence-electron chi connectivity index (χ2n) is 6.96. The van der Waals surface area contributed by atoms with Crippen LogP contribution in [-0.4, -0.2) is 33.6 Å². The summed E-state index contributed by atoms with van der Waals surface area (Å²) >= 11 is 1.35. The summed E-state index contributed by atoms with van der Waals surface area (Å²) in [6.45, 7) is 7.57. The summed E-state index contributed by atoms with van der Waals surface area (Å²) in [7, 11) is 0. The number of unbranched alkanes of at least 4 members (excludes halogenated alkanes) is 4. The van der Waals surface area contributed by atoms with Crippen LogP contribution in [0.5, 0.6) is 0 Å². The minimum absolute atomic E-state index is 0.0440. The summed E-state index contributed by atoms with van der Waals surface area (Å²) in [4.78, 5) is 23.2. The fourth-order valence-electron chi connectivity index (χ4n) is 2.06. The molecular weight excluding hydrogens is 324 g/mol. The van der Waals surface area contributed by atoms with Gasteiger partial charge in [-0.1, -0.05) is 56.5 Å². The highest BCUT2D eigenvalue weighted by Gasteiger charge is 2.17. The Morgan fingerprint density at radius 2 is 1.83 bits per heavy atom. The number of ether oxygens (including phenoxy) is 1. The zero-order valence-electron chi connectivity index (χ0n) is 15.7. The van der Waals surface area contributed by atoms with Crippen LogP contribution in [0.3, 0.4) is 0 Å². The lowest BCUT2D eigenvalue weighted by molar-refractivity contribution is -0.156. The molecule has 0 aliphatic carbocycles. The van der Waals surface area contributed by atoms with E-state index in [1.807, 2.05) is 6.08 Å². The first-order chi connectivity index (χ1) is 11.2. The second kappa shape index (κ2) is 13.5. The van der Waals surface area contributed by atoms with Gasteiger partial charge in [-0.3, -0.25) is 9.59 Å². The van der Waals surface area contributed by atoms with Crippen molar-refractivity contribution in [1.82, 2.24) is 0 Å². The van der Waals surface area contributed by atoms with E-state index in [9.17, 15) is 14.7 Å². The molecule has 0 aromatic rings. The van der Waals surface area contributed by atoms with E-state index in [-0.39, 0.29) is 11.5 Å². The molecule has 0 fully saturated rings. The van der Waals surface area contributed by atoms with Gasteiger partial charge in [0.15, 0.2) is 5.12 Å². The minimum atomic E-state index is -0.834. The average Bonchev–Trinajstić information content (AvgIpc) is 2.44. The quantitative estimate of drug-likeness (QED) is 0.313. The van der Waals surface area contributed by atoms with Gasteiger partial charge in [-0.25, -0.2) is 0 Å². The predicted molar refractivity (Wildman–Crippen MR) is 101 cm³/mol. The van der Waals surface area contributed by atoms with Crippen LogP contribution in [0.25, 0.3) is 0 Å². The fraction of sp³-hybridized carbons (Fsp3) is 0.789. The number of thioether (sulfide) groups is 1. The zero-order chi connectivity index (χ0) is 18.4. The molecule has 0 saturated heterocycles. The van der Waals surface area contributed by atoms with Gasteiger partial charge < -0.3 is 9.84 Å². The number of rotatable bonds is 12. The highest BCUT2D eigenvalue weighted by Crippen LogP contribution is 2.13. The van der Waals surface area contributed by atoms with E-state index >= 15 is 0 Å². The molecule has 0 radical (unpaired) electrons. The van der Waals surface area contributed by atoms with E-state index in [2.05, 4.69) is 6.92 Å². The van der Waals surface area contributed by atoms with Gasteiger partial charge in [-0.2, -0.15) is 0 Å². The third-order valence-corrected chi connectivity index (χ3v) is 4.15. The molecule has 1 atom stereocenters. The number of esters is 1. The van der Waals surface area contributed by atoms with Crippen molar-refractivity contribution in [3.8, 4) is 0 Å². The van der Waals surface area contributed by atoms with E-state index in [0.29, 0.717) is 18.6 Å². The molecule has 0 aromatic carbocycles. The third kappa shape index (κ3) is 16.1. The van der Waals surface area contributed by atoms with Gasteiger partial charge in [0.1, 0.15) is 5.60 Å². The number of carbonyl (C=O) groups excluding carboxylic acids is 2. The Morgan fingerprint density at radius 3 is 2.46 bits per heavy atom. The molecule has 140 valence electrons. The Hall–Kier alpha value is -0.810. The molecule has 0 unspecified atom stereocenters. The molecule has 24 heavy (non-hydrogen) atoms. The number of aliphatic hydroxyl groups excluding tert-OH is 1. The SMILES string of the molecule is CCCCCCCC(=O)SCC/C=C/[C@@H](O)CC(=O)OC(C)(C)C. The maximum absolute atomic E-state index is 11.7. The number of carbonyl (C=O) groups is 2. The number of aliphatic hydroxyl groups is 1. The van der Waals surface area contributed by atoms with E-state index in [1.54, 1.807) is 26.8 Å². The summed E-state index contributed by atoms with van der Waals surface area (Å²) in [6, 6.07) is 0. The Kier molecular flexibility index (Phi) is 13.0. The van der Waals surface area contributed by atoms with Crippen LogP contribution in [0.15, 0.2) is 12.2 Å². The minimum Gasteiger partial charge on any atom is -0.460 e. The van der Waals surface area contributed by atoms with Crippen LogP contribution < -0.4 is 0 Å². The highest BCUT2D eigenvalue weighted by molar-refractivity contribution is 8.13. The van der Waals surface area contributed by atoms with E-state index < -0.39 is 17.7 Å². The molecule has 0 aliphatic rings. The first-order valence-electron chi connectivity index (χ1n) is 8.96. The van der Waals surface area contributed by atoms with Gasteiger partial charge >= 0.3 is 5.97 Å². The topological polar surface area (TPSA) is 63.6 Å². The van der Waals surface area contributed by atoms with Crippen LogP contribution in [0.4, 0.5) is 0 Å². The molecule has 0 heterocycles. The summed E-state index contributed by atoms with van der Waals surface area (Å²) in [6.07, 6.45) is 9.69. The Labute approximate surface area is 151 Å². The van der Waals surface area contributed by atoms with Crippen LogP contribution in [-0.2, 0) is 14.3 Å². The number of hydrogen-bond donors (Lipinski definition) is 1. The first kappa shape index (κ1) is 23.2. The van der Waals surface area contributed by atoms with Crippen LogP contribution >= 0.6 is 11.8 Å². The van der Waals surface area contributed by atoms with Crippen molar-refractivity contribution in [2.75, 3.05) is 5.75 Å². The molecule has 5 heteroatoms. The van der Waals surface area contributed by atoms with Crippen molar-refractivity contribution in [3.05, 3.63) is 12.2 Å². The van der Waals surface area contributed by atoms with Crippen molar-refractivity contribution in [2.45, 2.75) is 90.8 Å². The third-order valence-electron chi connectivity index (χ3n) is 3.19. The summed E-state index contributed by atoms with van der Waals surface area (Å²) in [5.74, 6) is 0.302. The fourth-order valence-corrected chi connectivity index (χ4v) is 2.83. The maximum atomic E-state index is 11.7. The predicted octanol–water partition coefficient (Wildman–Crippen LogP) is 4.65. The molecule has 0 bridgehead atoms. The normalized spacial score (nSPS) is 13.2. The second-order valence-corrected chi connectivity index (χ2v) is 8.11. The Balaban J connectivity index is 3.69. The maximum Gasteiger partial charge on any atom is 0.309 e. The lowest BCUT2D eigenvalue weighted by Gasteiger charge is -2.20. The van der Waals surface area contributed by atoms with Gasteiger partial charge in [0, 0.05) is 12.2 Å². The van der Waals surface area contributed by atoms with Crippen molar-refractivity contribution in [1.29, 1.82) is 0 Å². The zero-order valence-corrected chi connectivity index (χ0v) is 16.5. The lowest BCUT2D eigenvalue weighted by Crippen LogP contribution is -2.26.